The van der Waals surface area contributed by atoms with Crippen LogP contribution in [0, 0.1) is 0 Å². The van der Waals surface area contributed by atoms with Gasteiger partial charge in [0.1, 0.15) is 0 Å². The number of hydrogen-bond donors (Lipinski definition) is 3. The van der Waals surface area contributed by atoms with Crippen molar-refractivity contribution in [3.8, 4) is 5.69 Å². The van der Waals surface area contributed by atoms with Crippen molar-refractivity contribution in [3.63, 3.8) is 0 Å². The van der Waals surface area contributed by atoms with Crippen molar-refractivity contribution in [1.82, 2.24) is 30.5 Å². The van der Waals surface area contributed by atoms with E-state index >= 15 is 0 Å². The molecule has 2 aromatic heterocycles. The van der Waals surface area contributed by atoms with Gasteiger partial charge >= 0.3 is 0 Å². The molecule has 3 N–H and O–H groups in total. The lowest BCUT2D eigenvalue weighted by Crippen LogP contribution is -2.33. The second-order valence-electron chi connectivity index (χ2n) is 4.58. The maximum Gasteiger partial charge on any atom is 0.273 e. The smallest absolute Gasteiger partial charge is 0.273 e. The number of anilines is 1. The third-order valence-electron chi connectivity index (χ3n) is 2.98. The van der Waals surface area contributed by atoms with Crippen LogP contribution in [0.15, 0.2) is 48.9 Å². The number of amides is 2. The molecular formula is C14H13N7O2. The number of rotatable bonds is 5. The monoisotopic (exact) mass is 311 g/mol. The van der Waals surface area contributed by atoms with Crippen LogP contribution in [0.3, 0.4) is 0 Å². The molecule has 116 valence electrons. The highest BCUT2D eigenvalue weighted by atomic mass is 16.2. The van der Waals surface area contributed by atoms with E-state index in [2.05, 4.69) is 31.1 Å². The third-order valence-corrected chi connectivity index (χ3v) is 2.98. The largest absolute Gasteiger partial charge is 0.342 e. The SMILES string of the molecule is O=C(CNC(=O)c1cn[nH]n1)Nc1ccc(-n2cccn2)cc1. The first kappa shape index (κ1) is 14.4. The second-order valence-corrected chi connectivity index (χ2v) is 4.58. The fraction of sp³-hybridized carbons (Fsp3) is 0.0714. The highest BCUT2D eigenvalue weighted by Gasteiger charge is 2.10. The molecule has 0 fully saturated rings. The van der Waals surface area contributed by atoms with Crippen molar-refractivity contribution >= 4 is 17.5 Å². The Morgan fingerprint density at radius 2 is 2.04 bits per heavy atom. The zero-order chi connectivity index (χ0) is 16.1. The second kappa shape index (κ2) is 6.52. The fourth-order valence-electron chi connectivity index (χ4n) is 1.89. The average molecular weight is 311 g/mol. The highest BCUT2D eigenvalue weighted by Crippen LogP contribution is 2.12. The van der Waals surface area contributed by atoms with Gasteiger partial charge < -0.3 is 10.6 Å². The zero-order valence-corrected chi connectivity index (χ0v) is 11.9. The molecule has 0 saturated carbocycles. The van der Waals surface area contributed by atoms with E-state index in [0.717, 1.165) is 5.69 Å². The first-order valence-electron chi connectivity index (χ1n) is 6.76. The summed E-state index contributed by atoms with van der Waals surface area (Å²) in [4.78, 5) is 23.4. The summed E-state index contributed by atoms with van der Waals surface area (Å²) in [6.07, 6.45) is 4.79. The van der Waals surface area contributed by atoms with Crippen molar-refractivity contribution in [3.05, 3.63) is 54.6 Å². The summed E-state index contributed by atoms with van der Waals surface area (Å²) in [5.74, 6) is -0.809. The number of aromatic amines is 1. The molecule has 0 aliphatic rings. The number of carbonyl (C=O) groups excluding carboxylic acids is 2. The average Bonchev–Trinajstić information content (AvgIpc) is 3.26. The molecule has 1 aromatic carbocycles. The molecule has 0 aliphatic carbocycles. The van der Waals surface area contributed by atoms with E-state index in [9.17, 15) is 9.59 Å². The van der Waals surface area contributed by atoms with E-state index in [4.69, 9.17) is 0 Å². The summed E-state index contributed by atoms with van der Waals surface area (Å²) in [5.41, 5.74) is 1.63. The van der Waals surface area contributed by atoms with Crippen molar-refractivity contribution in [1.29, 1.82) is 0 Å². The van der Waals surface area contributed by atoms with Gasteiger partial charge in [-0.05, 0) is 30.3 Å². The molecule has 0 bridgehead atoms. The molecule has 0 unspecified atom stereocenters. The first-order valence-corrected chi connectivity index (χ1v) is 6.76. The maximum atomic E-state index is 11.8. The van der Waals surface area contributed by atoms with Crippen molar-refractivity contribution in [2.75, 3.05) is 11.9 Å². The minimum atomic E-state index is -0.470. The van der Waals surface area contributed by atoms with Gasteiger partial charge in [-0.15, -0.1) is 0 Å². The van der Waals surface area contributed by atoms with E-state index in [-0.39, 0.29) is 18.1 Å². The quantitative estimate of drug-likeness (QED) is 0.629. The molecular weight excluding hydrogens is 298 g/mol. The Morgan fingerprint density at radius 1 is 1.22 bits per heavy atom. The zero-order valence-electron chi connectivity index (χ0n) is 11.9. The van der Waals surface area contributed by atoms with Crippen LogP contribution < -0.4 is 10.6 Å². The molecule has 0 radical (unpaired) electrons. The number of nitrogens with one attached hydrogen (secondary N) is 3. The maximum absolute atomic E-state index is 11.8. The van der Waals surface area contributed by atoms with Gasteiger partial charge in [0, 0.05) is 18.1 Å². The molecule has 0 aliphatic heterocycles. The van der Waals surface area contributed by atoms with Crippen LogP contribution in [0.1, 0.15) is 10.5 Å². The summed E-state index contributed by atoms with van der Waals surface area (Å²) in [6, 6.07) is 9.00. The van der Waals surface area contributed by atoms with Gasteiger partial charge in [-0.25, -0.2) is 4.68 Å². The minimum absolute atomic E-state index is 0.126. The van der Waals surface area contributed by atoms with E-state index in [1.54, 1.807) is 23.0 Å². The Kier molecular flexibility index (Phi) is 4.09. The van der Waals surface area contributed by atoms with Gasteiger partial charge in [0.15, 0.2) is 5.69 Å². The fourth-order valence-corrected chi connectivity index (χ4v) is 1.89. The standard InChI is InChI=1S/C14H13N7O2/c22-13(9-15-14(23)12-8-16-20-19-12)18-10-2-4-11(5-3-10)21-7-1-6-17-21/h1-8H,9H2,(H,15,23)(H,18,22)(H,16,19,20). The van der Waals surface area contributed by atoms with E-state index in [1.807, 2.05) is 24.4 Å². The number of carbonyl (C=O) groups is 2. The molecule has 2 heterocycles. The van der Waals surface area contributed by atoms with Gasteiger partial charge in [0.05, 0.1) is 18.4 Å². The first-order chi connectivity index (χ1) is 11.2. The van der Waals surface area contributed by atoms with E-state index in [0.29, 0.717) is 5.69 Å². The molecule has 0 spiro atoms. The molecule has 3 aromatic rings. The van der Waals surface area contributed by atoms with Gasteiger partial charge in [-0.1, -0.05) is 0 Å². The lowest BCUT2D eigenvalue weighted by molar-refractivity contribution is -0.115. The molecule has 0 saturated heterocycles. The highest BCUT2D eigenvalue weighted by molar-refractivity contribution is 5.98. The van der Waals surface area contributed by atoms with Crippen LogP contribution in [0.25, 0.3) is 5.69 Å². The molecule has 0 atom stereocenters. The molecule has 23 heavy (non-hydrogen) atoms. The summed E-state index contributed by atoms with van der Waals surface area (Å²) in [5, 5.41) is 18.7. The Balaban J connectivity index is 1.53. The molecule has 9 nitrogen and oxygen atoms in total. The normalized spacial score (nSPS) is 10.3. The Labute approximate surface area is 130 Å². The topological polar surface area (TPSA) is 118 Å². The Morgan fingerprint density at radius 3 is 2.70 bits per heavy atom. The van der Waals surface area contributed by atoms with Crippen LogP contribution in [0.4, 0.5) is 5.69 Å². The van der Waals surface area contributed by atoms with Gasteiger partial charge in [-0.2, -0.15) is 20.5 Å². The van der Waals surface area contributed by atoms with Crippen molar-refractivity contribution in [2.24, 2.45) is 0 Å². The Bertz CT molecular complexity index is 779. The lowest BCUT2D eigenvalue weighted by Gasteiger charge is -2.07. The van der Waals surface area contributed by atoms with Crippen LogP contribution in [-0.2, 0) is 4.79 Å². The van der Waals surface area contributed by atoms with Crippen LogP contribution in [-0.4, -0.2) is 43.6 Å². The van der Waals surface area contributed by atoms with Crippen molar-refractivity contribution in [2.45, 2.75) is 0 Å². The molecule has 3 rings (SSSR count). The summed E-state index contributed by atoms with van der Waals surface area (Å²) in [6.45, 7) is -0.160. The summed E-state index contributed by atoms with van der Waals surface area (Å²) >= 11 is 0. The van der Waals surface area contributed by atoms with E-state index < -0.39 is 5.91 Å². The third kappa shape index (κ3) is 3.59. The number of benzene rings is 1. The molecule has 2 amide bonds. The number of nitrogens with zero attached hydrogens (tertiary/aromatic N) is 4. The number of hydrogen-bond acceptors (Lipinski definition) is 5. The van der Waals surface area contributed by atoms with Gasteiger partial charge in [-0.3, -0.25) is 9.59 Å². The molecule has 9 heteroatoms. The number of H-pyrrole nitrogens is 1. The summed E-state index contributed by atoms with van der Waals surface area (Å²) < 4.78 is 1.71. The van der Waals surface area contributed by atoms with E-state index in [1.165, 1.54) is 6.20 Å². The Hall–Kier alpha value is -3.49. The van der Waals surface area contributed by atoms with Crippen molar-refractivity contribution < 1.29 is 9.59 Å². The van der Waals surface area contributed by atoms with Gasteiger partial charge in [0.2, 0.25) is 5.91 Å². The number of aromatic nitrogens is 5. The predicted octanol–water partition coefficient (Wildman–Crippen LogP) is 0.359. The predicted molar refractivity (Wildman–Crippen MR) is 80.9 cm³/mol. The lowest BCUT2D eigenvalue weighted by atomic mass is 10.3. The van der Waals surface area contributed by atoms with Crippen LogP contribution in [0.5, 0.6) is 0 Å². The summed E-state index contributed by atoms with van der Waals surface area (Å²) in [7, 11) is 0. The minimum Gasteiger partial charge on any atom is -0.342 e. The van der Waals surface area contributed by atoms with Gasteiger partial charge in [0.25, 0.3) is 5.91 Å². The van der Waals surface area contributed by atoms with Crippen LogP contribution in [0.2, 0.25) is 0 Å². The van der Waals surface area contributed by atoms with Crippen LogP contribution >= 0.6 is 0 Å².